The number of hydrogen-bond acceptors (Lipinski definition) is 4. The molecule has 19 heavy (non-hydrogen) atoms. The minimum Gasteiger partial charge on any atom is -0.508 e. The zero-order chi connectivity index (χ0) is 14.4. The van der Waals surface area contributed by atoms with E-state index in [1.165, 1.54) is 12.1 Å². The molecule has 1 rings (SSSR count). The summed E-state index contributed by atoms with van der Waals surface area (Å²) in [5.74, 6) is -1.35. The molecule has 104 valence electrons. The lowest BCUT2D eigenvalue weighted by atomic mass is 10.1. The minimum absolute atomic E-state index is 0.114. The molecule has 4 N–H and O–H groups in total. The number of likely N-dealkylation sites (N-methyl/N-ethyl adjacent to an activating group) is 1. The third-order valence-corrected chi connectivity index (χ3v) is 2.82. The van der Waals surface area contributed by atoms with Crippen molar-refractivity contribution in [2.24, 2.45) is 0 Å². The van der Waals surface area contributed by atoms with Crippen molar-refractivity contribution in [2.45, 2.75) is 25.4 Å². The predicted molar refractivity (Wildman–Crippen MR) is 69.9 cm³/mol. The highest BCUT2D eigenvalue weighted by atomic mass is 16.4. The molecule has 0 aliphatic heterocycles. The van der Waals surface area contributed by atoms with Crippen molar-refractivity contribution in [3.63, 3.8) is 0 Å². The average Bonchev–Trinajstić information content (AvgIpc) is 2.39. The van der Waals surface area contributed by atoms with Crippen LogP contribution in [-0.2, 0) is 16.0 Å². The molecule has 0 heterocycles. The van der Waals surface area contributed by atoms with E-state index in [9.17, 15) is 9.59 Å². The van der Waals surface area contributed by atoms with Crippen molar-refractivity contribution < 1.29 is 19.8 Å². The molecule has 1 aromatic rings. The zero-order valence-corrected chi connectivity index (χ0v) is 10.9. The topological polar surface area (TPSA) is 98.7 Å². The summed E-state index contributed by atoms with van der Waals surface area (Å²) in [6.07, 6.45) is 0.164. The van der Waals surface area contributed by atoms with Gasteiger partial charge in [0.05, 0.1) is 6.04 Å². The van der Waals surface area contributed by atoms with E-state index in [0.717, 1.165) is 5.56 Å². The lowest BCUT2D eigenvalue weighted by Gasteiger charge is -2.17. The molecule has 0 saturated carbocycles. The van der Waals surface area contributed by atoms with E-state index >= 15 is 0 Å². The summed E-state index contributed by atoms with van der Waals surface area (Å²) in [6, 6.07) is 4.76. The standard InChI is InChI=1S/C13H18N2O4/c1-8(14-2)12(17)15-11(13(18)19)7-9-3-5-10(16)6-4-9/h3-6,8,11,14,16H,7H2,1-2H3,(H,15,17)(H,18,19)/t8?,11-/m1/s1. The Labute approximate surface area is 111 Å². The molecule has 0 bridgehead atoms. The second-order valence-corrected chi connectivity index (χ2v) is 4.28. The molecule has 0 aliphatic carbocycles. The Morgan fingerprint density at radius 2 is 1.84 bits per heavy atom. The Morgan fingerprint density at radius 3 is 2.32 bits per heavy atom. The van der Waals surface area contributed by atoms with Crippen LogP contribution < -0.4 is 10.6 Å². The highest BCUT2D eigenvalue weighted by Crippen LogP contribution is 2.11. The monoisotopic (exact) mass is 266 g/mol. The van der Waals surface area contributed by atoms with Gasteiger partial charge in [0.25, 0.3) is 0 Å². The van der Waals surface area contributed by atoms with Crippen molar-refractivity contribution in [3.8, 4) is 5.75 Å². The first kappa shape index (κ1) is 15.0. The molecule has 1 unspecified atom stereocenters. The van der Waals surface area contributed by atoms with E-state index in [4.69, 9.17) is 10.2 Å². The van der Waals surface area contributed by atoms with Crippen LogP contribution in [0.15, 0.2) is 24.3 Å². The number of aromatic hydroxyl groups is 1. The summed E-state index contributed by atoms with van der Waals surface area (Å²) in [4.78, 5) is 22.8. The Balaban J connectivity index is 2.71. The van der Waals surface area contributed by atoms with Crippen LogP contribution in [-0.4, -0.2) is 41.2 Å². The zero-order valence-electron chi connectivity index (χ0n) is 10.9. The van der Waals surface area contributed by atoms with Gasteiger partial charge in [-0.05, 0) is 31.7 Å². The normalized spacial score (nSPS) is 13.6. The number of phenolic OH excluding ortho intramolecular Hbond substituents is 1. The van der Waals surface area contributed by atoms with Crippen molar-refractivity contribution in [1.82, 2.24) is 10.6 Å². The molecule has 0 saturated heterocycles. The van der Waals surface area contributed by atoms with Crippen molar-refractivity contribution in [1.29, 1.82) is 0 Å². The molecule has 1 amide bonds. The quantitative estimate of drug-likeness (QED) is 0.586. The summed E-state index contributed by atoms with van der Waals surface area (Å²) in [7, 11) is 1.62. The van der Waals surface area contributed by atoms with Crippen molar-refractivity contribution in [3.05, 3.63) is 29.8 Å². The molecule has 6 heteroatoms. The lowest BCUT2D eigenvalue weighted by molar-refractivity contribution is -0.142. The number of hydrogen-bond donors (Lipinski definition) is 4. The fraction of sp³-hybridized carbons (Fsp3) is 0.385. The van der Waals surface area contributed by atoms with Crippen LogP contribution in [0.5, 0.6) is 5.75 Å². The Hall–Kier alpha value is -2.08. The molecule has 0 radical (unpaired) electrons. The number of phenols is 1. The minimum atomic E-state index is -1.09. The van der Waals surface area contributed by atoms with Gasteiger partial charge in [0.1, 0.15) is 11.8 Å². The summed E-state index contributed by atoms with van der Waals surface area (Å²) in [5, 5.41) is 23.5. The van der Waals surface area contributed by atoms with Gasteiger partial charge in [0, 0.05) is 6.42 Å². The summed E-state index contributed by atoms with van der Waals surface area (Å²) in [6.45, 7) is 1.65. The van der Waals surface area contributed by atoms with Gasteiger partial charge in [0.2, 0.25) is 5.91 Å². The first-order valence-corrected chi connectivity index (χ1v) is 5.92. The number of aliphatic carboxylic acids is 1. The number of carbonyl (C=O) groups is 2. The lowest BCUT2D eigenvalue weighted by Crippen LogP contribution is -2.49. The molecule has 0 spiro atoms. The molecule has 2 atom stereocenters. The Kier molecular flexibility index (Phi) is 5.32. The van der Waals surface area contributed by atoms with Crippen LogP contribution in [0, 0.1) is 0 Å². The van der Waals surface area contributed by atoms with Crippen LogP contribution in [0.2, 0.25) is 0 Å². The Bertz CT molecular complexity index is 444. The van der Waals surface area contributed by atoms with Gasteiger partial charge in [-0.15, -0.1) is 0 Å². The SMILES string of the molecule is CNC(C)C(=O)N[C@H](Cc1ccc(O)cc1)C(=O)O. The van der Waals surface area contributed by atoms with Gasteiger partial charge in [0.15, 0.2) is 0 Å². The predicted octanol–water partition coefficient (Wildman–Crippen LogP) is 0.112. The van der Waals surface area contributed by atoms with Crippen LogP contribution >= 0.6 is 0 Å². The second-order valence-electron chi connectivity index (χ2n) is 4.28. The third-order valence-electron chi connectivity index (χ3n) is 2.82. The van der Waals surface area contributed by atoms with E-state index in [1.807, 2.05) is 0 Å². The first-order valence-electron chi connectivity index (χ1n) is 5.92. The number of carboxylic acid groups (broad SMARTS) is 1. The number of rotatable bonds is 6. The van der Waals surface area contributed by atoms with Gasteiger partial charge in [-0.1, -0.05) is 12.1 Å². The summed E-state index contributed by atoms with van der Waals surface area (Å²) >= 11 is 0. The molecule has 0 aliphatic rings. The maximum absolute atomic E-state index is 11.7. The fourth-order valence-electron chi connectivity index (χ4n) is 1.50. The van der Waals surface area contributed by atoms with E-state index < -0.39 is 18.1 Å². The maximum Gasteiger partial charge on any atom is 0.326 e. The molecule has 1 aromatic carbocycles. The largest absolute Gasteiger partial charge is 0.508 e. The van der Waals surface area contributed by atoms with Crippen LogP contribution in [0.25, 0.3) is 0 Å². The first-order chi connectivity index (χ1) is 8.93. The van der Waals surface area contributed by atoms with Crippen LogP contribution in [0.3, 0.4) is 0 Å². The summed E-state index contributed by atoms with van der Waals surface area (Å²) in [5.41, 5.74) is 0.725. The van der Waals surface area contributed by atoms with Gasteiger partial charge < -0.3 is 20.8 Å². The van der Waals surface area contributed by atoms with E-state index in [-0.39, 0.29) is 18.1 Å². The summed E-state index contributed by atoms with van der Waals surface area (Å²) < 4.78 is 0. The Morgan fingerprint density at radius 1 is 1.26 bits per heavy atom. The van der Waals surface area contributed by atoms with Crippen molar-refractivity contribution >= 4 is 11.9 Å². The smallest absolute Gasteiger partial charge is 0.326 e. The van der Waals surface area contributed by atoms with Crippen LogP contribution in [0.4, 0.5) is 0 Å². The van der Waals surface area contributed by atoms with Gasteiger partial charge in [-0.25, -0.2) is 4.79 Å². The van der Waals surface area contributed by atoms with Gasteiger partial charge in [-0.3, -0.25) is 4.79 Å². The number of benzene rings is 1. The number of carboxylic acids is 1. The second kappa shape index (κ2) is 6.75. The maximum atomic E-state index is 11.7. The average molecular weight is 266 g/mol. The molecule has 0 fully saturated rings. The number of carbonyl (C=O) groups excluding carboxylic acids is 1. The molecule has 0 aromatic heterocycles. The van der Waals surface area contributed by atoms with Gasteiger partial charge >= 0.3 is 5.97 Å². The highest BCUT2D eigenvalue weighted by Gasteiger charge is 2.22. The highest BCUT2D eigenvalue weighted by molar-refractivity contribution is 5.86. The van der Waals surface area contributed by atoms with E-state index in [2.05, 4.69) is 10.6 Å². The molecular weight excluding hydrogens is 248 g/mol. The van der Waals surface area contributed by atoms with Gasteiger partial charge in [-0.2, -0.15) is 0 Å². The third kappa shape index (κ3) is 4.59. The number of amides is 1. The fourth-order valence-corrected chi connectivity index (χ4v) is 1.50. The molecule has 6 nitrogen and oxygen atoms in total. The number of nitrogens with one attached hydrogen (secondary N) is 2. The van der Waals surface area contributed by atoms with E-state index in [0.29, 0.717) is 0 Å². The van der Waals surface area contributed by atoms with Crippen molar-refractivity contribution in [2.75, 3.05) is 7.05 Å². The van der Waals surface area contributed by atoms with E-state index in [1.54, 1.807) is 26.1 Å². The van der Waals surface area contributed by atoms with Crippen LogP contribution in [0.1, 0.15) is 12.5 Å². The molecular formula is C13H18N2O4.